The molecular formula is C12H15N5O3. The van der Waals surface area contributed by atoms with E-state index in [-0.39, 0.29) is 29.7 Å². The van der Waals surface area contributed by atoms with Gasteiger partial charge in [-0.05, 0) is 18.6 Å². The maximum absolute atomic E-state index is 12.0. The average Bonchev–Trinajstić information content (AvgIpc) is 2.41. The van der Waals surface area contributed by atoms with Crippen molar-refractivity contribution in [3.8, 4) is 0 Å². The number of imide groups is 1. The summed E-state index contributed by atoms with van der Waals surface area (Å²) in [6.07, 6.45) is 0.610. The van der Waals surface area contributed by atoms with E-state index in [1.165, 1.54) is 19.2 Å². The lowest BCUT2D eigenvalue weighted by atomic mass is 10.0. The molecule has 1 fully saturated rings. The predicted octanol–water partition coefficient (Wildman–Crippen LogP) is -0.678. The number of likely N-dealkylation sites (tertiary alicyclic amines) is 1. The highest BCUT2D eigenvalue weighted by molar-refractivity contribution is 6.01. The molecule has 106 valence electrons. The summed E-state index contributed by atoms with van der Waals surface area (Å²) in [5.74, 6) is -1.05. The van der Waals surface area contributed by atoms with Crippen molar-refractivity contribution in [2.24, 2.45) is 5.73 Å². The molecule has 3 amide bonds. The van der Waals surface area contributed by atoms with Gasteiger partial charge in [-0.15, -0.1) is 0 Å². The minimum Gasteiger partial charge on any atom is -0.396 e. The first-order valence-electron chi connectivity index (χ1n) is 6.03. The molecule has 1 unspecified atom stereocenters. The molecule has 0 aromatic carbocycles. The molecule has 0 bridgehead atoms. The number of likely N-dealkylation sites (N-methyl/N-ethyl adjacent to an activating group) is 1. The Morgan fingerprint density at radius 2 is 2.15 bits per heavy atom. The molecule has 0 saturated carbocycles. The first kappa shape index (κ1) is 13.8. The number of nitrogens with two attached hydrogens (primary N) is 2. The van der Waals surface area contributed by atoms with E-state index in [4.69, 9.17) is 11.5 Å². The summed E-state index contributed by atoms with van der Waals surface area (Å²) in [6.45, 7) is 0. The number of nitrogen functional groups attached to an aromatic ring is 1. The molecule has 0 aliphatic carbocycles. The summed E-state index contributed by atoms with van der Waals surface area (Å²) < 4.78 is 0. The van der Waals surface area contributed by atoms with Crippen molar-refractivity contribution in [1.82, 2.24) is 9.88 Å². The Bertz CT molecular complexity index is 586. The third-order valence-corrected chi connectivity index (χ3v) is 3.14. The van der Waals surface area contributed by atoms with Crippen molar-refractivity contribution < 1.29 is 14.4 Å². The number of piperidine rings is 1. The van der Waals surface area contributed by atoms with Crippen LogP contribution in [0.25, 0.3) is 0 Å². The lowest BCUT2D eigenvalue weighted by Crippen LogP contribution is -2.48. The summed E-state index contributed by atoms with van der Waals surface area (Å²) in [5, 5.41) is 2.86. The van der Waals surface area contributed by atoms with Gasteiger partial charge in [0.2, 0.25) is 5.91 Å². The van der Waals surface area contributed by atoms with Gasteiger partial charge in [-0.3, -0.25) is 19.3 Å². The number of carbonyl (C=O) groups excluding carboxylic acids is 3. The van der Waals surface area contributed by atoms with Crippen LogP contribution in [-0.4, -0.2) is 40.7 Å². The van der Waals surface area contributed by atoms with Crippen molar-refractivity contribution in [3.05, 3.63) is 17.8 Å². The number of carbonyl (C=O) groups is 3. The topological polar surface area (TPSA) is 131 Å². The zero-order valence-corrected chi connectivity index (χ0v) is 10.9. The Hall–Kier alpha value is -2.64. The van der Waals surface area contributed by atoms with Crippen molar-refractivity contribution in [3.63, 3.8) is 0 Å². The highest BCUT2D eigenvalue weighted by Crippen LogP contribution is 2.21. The molecule has 1 aromatic heterocycles. The minimum atomic E-state index is -0.685. The molecule has 1 aromatic rings. The Balaban J connectivity index is 2.21. The Morgan fingerprint density at radius 3 is 2.80 bits per heavy atom. The average molecular weight is 277 g/mol. The highest BCUT2D eigenvalue weighted by atomic mass is 16.2. The molecule has 2 rings (SSSR count). The molecule has 1 saturated heterocycles. The van der Waals surface area contributed by atoms with Gasteiger partial charge in [0, 0.05) is 13.5 Å². The molecule has 1 atom stereocenters. The molecule has 2 heterocycles. The van der Waals surface area contributed by atoms with Crippen LogP contribution in [0.15, 0.2) is 12.1 Å². The van der Waals surface area contributed by atoms with Gasteiger partial charge in [0.15, 0.2) is 5.82 Å². The van der Waals surface area contributed by atoms with Crippen LogP contribution in [0, 0.1) is 0 Å². The van der Waals surface area contributed by atoms with Gasteiger partial charge in [-0.1, -0.05) is 0 Å². The van der Waals surface area contributed by atoms with Crippen molar-refractivity contribution in [1.29, 1.82) is 0 Å². The van der Waals surface area contributed by atoms with Gasteiger partial charge in [0.1, 0.15) is 11.7 Å². The van der Waals surface area contributed by atoms with Crippen LogP contribution in [0.1, 0.15) is 23.3 Å². The first-order chi connectivity index (χ1) is 9.40. The molecule has 0 spiro atoms. The van der Waals surface area contributed by atoms with E-state index in [2.05, 4.69) is 10.3 Å². The number of amides is 3. The maximum Gasteiger partial charge on any atom is 0.267 e. The normalized spacial score (nSPS) is 19.1. The summed E-state index contributed by atoms with van der Waals surface area (Å²) in [7, 11) is 1.43. The number of hydrogen-bond donors (Lipinski definition) is 3. The van der Waals surface area contributed by atoms with Crippen LogP contribution in [0.5, 0.6) is 0 Å². The Labute approximate surface area is 115 Å². The van der Waals surface area contributed by atoms with E-state index in [0.29, 0.717) is 12.1 Å². The number of hydrogen-bond acceptors (Lipinski definition) is 6. The number of nitrogens with one attached hydrogen (secondary N) is 1. The van der Waals surface area contributed by atoms with Crippen molar-refractivity contribution in [2.75, 3.05) is 18.1 Å². The Morgan fingerprint density at radius 1 is 1.45 bits per heavy atom. The third kappa shape index (κ3) is 2.53. The number of aromatic nitrogens is 1. The van der Waals surface area contributed by atoms with Gasteiger partial charge in [0.05, 0.1) is 5.69 Å². The third-order valence-electron chi connectivity index (χ3n) is 3.14. The van der Waals surface area contributed by atoms with Gasteiger partial charge in [-0.25, -0.2) is 4.98 Å². The van der Waals surface area contributed by atoms with E-state index in [9.17, 15) is 14.4 Å². The maximum atomic E-state index is 12.0. The summed E-state index contributed by atoms with van der Waals surface area (Å²) in [6, 6.07) is 2.29. The number of anilines is 2. The van der Waals surface area contributed by atoms with Crippen LogP contribution in [0.4, 0.5) is 11.5 Å². The summed E-state index contributed by atoms with van der Waals surface area (Å²) in [5.41, 5.74) is 11.2. The second-order valence-corrected chi connectivity index (χ2v) is 4.53. The first-order valence-corrected chi connectivity index (χ1v) is 6.03. The van der Waals surface area contributed by atoms with E-state index in [1.54, 1.807) is 0 Å². The van der Waals surface area contributed by atoms with Crippen LogP contribution in [0.2, 0.25) is 0 Å². The SMILES string of the molecule is CN1C(=O)CCC(Nc2nc(C(N)=O)ccc2N)C1=O. The van der Waals surface area contributed by atoms with Crippen LogP contribution in [-0.2, 0) is 9.59 Å². The van der Waals surface area contributed by atoms with Crippen molar-refractivity contribution >= 4 is 29.2 Å². The second-order valence-electron chi connectivity index (χ2n) is 4.53. The molecule has 1 aliphatic heterocycles. The lowest BCUT2D eigenvalue weighted by molar-refractivity contribution is -0.146. The molecule has 1 aliphatic rings. The largest absolute Gasteiger partial charge is 0.396 e. The lowest BCUT2D eigenvalue weighted by Gasteiger charge is -2.28. The molecule has 0 radical (unpaired) electrons. The fourth-order valence-corrected chi connectivity index (χ4v) is 1.94. The number of pyridine rings is 1. The fourth-order valence-electron chi connectivity index (χ4n) is 1.94. The van der Waals surface area contributed by atoms with Gasteiger partial charge in [-0.2, -0.15) is 0 Å². The molecule has 5 N–H and O–H groups in total. The quantitative estimate of drug-likeness (QED) is 0.627. The summed E-state index contributed by atoms with van der Waals surface area (Å²) in [4.78, 5) is 39.5. The smallest absolute Gasteiger partial charge is 0.267 e. The number of rotatable bonds is 3. The molecule has 20 heavy (non-hydrogen) atoms. The minimum absolute atomic E-state index is 0.0504. The van der Waals surface area contributed by atoms with Gasteiger partial charge in [0.25, 0.3) is 11.8 Å². The monoisotopic (exact) mass is 277 g/mol. The highest BCUT2D eigenvalue weighted by Gasteiger charge is 2.32. The van der Waals surface area contributed by atoms with Crippen LogP contribution in [0.3, 0.4) is 0 Å². The van der Waals surface area contributed by atoms with Crippen LogP contribution >= 0.6 is 0 Å². The van der Waals surface area contributed by atoms with E-state index < -0.39 is 11.9 Å². The van der Waals surface area contributed by atoms with E-state index >= 15 is 0 Å². The van der Waals surface area contributed by atoms with E-state index in [1.807, 2.05) is 0 Å². The molecule has 8 nitrogen and oxygen atoms in total. The predicted molar refractivity (Wildman–Crippen MR) is 71.6 cm³/mol. The number of nitrogens with zero attached hydrogens (tertiary/aromatic N) is 2. The second kappa shape index (κ2) is 5.16. The molecular weight excluding hydrogens is 262 g/mol. The zero-order chi connectivity index (χ0) is 14.9. The van der Waals surface area contributed by atoms with Crippen LogP contribution < -0.4 is 16.8 Å². The van der Waals surface area contributed by atoms with Gasteiger partial charge >= 0.3 is 0 Å². The standard InChI is InChI=1S/C12H15N5O3/c1-17-9(18)5-4-8(12(17)20)16-11-6(13)2-3-7(15-11)10(14)19/h2-3,8H,4-5,13H2,1H3,(H2,14,19)(H,15,16). The zero-order valence-electron chi connectivity index (χ0n) is 10.9. The molecule has 8 heteroatoms. The van der Waals surface area contributed by atoms with Gasteiger partial charge < -0.3 is 16.8 Å². The van der Waals surface area contributed by atoms with E-state index in [0.717, 1.165) is 4.90 Å². The number of primary amides is 1. The van der Waals surface area contributed by atoms with Crippen molar-refractivity contribution in [2.45, 2.75) is 18.9 Å². The summed E-state index contributed by atoms with van der Waals surface area (Å²) >= 11 is 0. The Kier molecular flexibility index (Phi) is 3.55. The fraction of sp³-hybridized carbons (Fsp3) is 0.333.